The Hall–Kier alpha value is -2.37. The van der Waals surface area contributed by atoms with Crippen LogP contribution in [0.15, 0.2) is 30.3 Å². The number of rotatable bonds is 9. The number of nitrogens with zero attached hydrogens (tertiary/aromatic N) is 2. The molecule has 6 heteroatoms. The van der Waals surface area contributed by atoms with Crippen LogP contribution in [0.5, 0.6) is 0 Å². The maximum atomic E-state index is 13.3. The smallest absolute Gasteiger partial charge is 0.245 e. The summed E-state index contributed by atoms with van der Waals surface area (Å²) in [5.74, 6) is 0.323. The molecule has 2 aliphatic rings. The number of nitrogens with one attached hydrogen (secondary N) is 1. The van der Waals surface area contributed by atoms with E-state index in [0.717, 1.165) is 37.7 Å². The standard InChI is InChI=1S/C24H35N3O3/c1-3-4-6-11-22(28)25-21(16-19-9-7-5-8-10-19)24(30)26-14-15-27(18(2)17-26)23(29)20-12-13-20/h5,7-10,18,20-21H,3-4,6,11-17H2,1-2H3,(H,25,28). The number of amides is 3. The highest BCUT2D eigenvalue weighted by atomic mass is 16.2. The summed E-state index contributed by atoms with van der Waals surface area (Å²) in [4.78, 5) is 42.0. The average molecular weight is 414 g/mol. The van der Waals surface area contributed by atoms with Crippen LogP contribution in [0.4, 0.5) is 0 Å². The second-order valence-electron chi connectivity index (χ2n) is 8.71. The predicted molar refractivity (Wildman–Crippen MR) is 117 cm³/mol. The molecule has 30 heavy (non-hydrogen) atoms. The van der Waals surface area contributed by atoms with Crippen molar-refractivity contribution < 1.29 is 14.4 Å². The van der Waals surface area contributed by atoms with Crippen LogP contribution in [0.2, 0.25) is 0 Å². The molecule has 3 rings (SSSR count). The first-order chi connectivity index (χ1) is 14.5. The SMILES string of the molecule is CCCCCC(=O)NC(Cc1ccccc1)C(=O)N1CCN(C(=O)C2CC2)C(C)C1. The Kier molecular flexibility index (Phi) is 7.88. The van der Waals surface area contributed by atoms with Crippen molar-refractivity contribution in [3.05, 3.63) is 35.9 Å². The van der Waals surface area contributed by atoms with Gasteiger partial charge in [0.25, 0.3) is 0 Å². The molecule has 1 N–H and O–H groups in total. The van der Waals surface area contributed by atoms with Crippen LogP contribution < -0.4 is 5.32 Å². The molecule has 1 aromatic rings. The van der Waals surface area contributed by atoms with Crippen LogP contribution in [0.25, 0.3) is 0 Å². The highest BCUT2D eigenvalue weighted by molar-refractivity contribution is 5.88. The number of benzene rings is 1. The van der Waals surface area contributed by atoms with E-state index in [1.54, 1.807) is 0 Å². The first kappa shape index (κ1) is 22.3. The molecule has 3 amide bonds. The van der Waals surface area contributed by atoms with Crippen molar-refractivity contribution in [1.82, 2.24) is 15.1 Å². The quantitative estimate of drug-likeness (QED) is 0.633. The highest BCUT2D eigenvalue weighted by Gasteiger charge is 2.39. The molecule has 2 unspecified atom stereocenters. The van der Waals surface area contributed by atoms with E-state index in [-0.39, 0.29) is 29.7 Å². The Labute approximate surface area is 180 Å². The van der Waals surface area contributed by atoms with Crippen molar-refractivity contribution >= 4 is 17.7 Å². The van der Waals surface area contributed by atoms with Crippen LogP contribution >= 0.6 is 0 Å². The molecule has 1 aliphatic carbocycles. The second kappa shape index (κ2) is 10.6. The fourth-order valence-corrected chi connectivity index (χ4v) is 4.12. The molecule has 0 aromatic heterocycles. The van der Waals surface area contributed by atoms with Crippen molar-refractivity contribution in [1.29, 1.82) is 0 Å². The molecule has 6 nitrogen and oxygen atoms in total. The summed E-state index contributed by atoms with van der Waals surface area (Å²) in [6.45, 7) is 5.74. The third-order valence-electron chi connectivity index (χ3n) is 6.07. The molecular weight excluding hydrogens is 378 g/mol. The van der Waals surface area contributed by atoms with Gasteiger partial charge in [-0.25, -0.2) is 0 Å². The fraction of sp³-hybridized carbons (Fsp3) is 0.625. The predicted octanol–water partition coefficient (Wildman–Crippen LogP) is 2.76. The van der Waals surface area contributed by atoms with Gasteiger partial charge in [0.15, 0.2) is 0 Å². The molecule has 1 saturated heterocycles. The highest BCUT2D eigenvalue weighted by Crippen LogP contribution is 2.32. The Morgan fingerprint density at radius 2 is 1.83 bits per heavy atom. The van der Waals surface area contributed by atoms with Gasteiger partial charge in [-0.3, -0.25) is 14.4 Å². The average Bonchev–Trinajstić information content (AvgIpc) is 3.58. The lowest BCUT2D eigenvalue weighted by atomic mass is 10.0. The summed E-state index contributed by atoms with van der Waals surface area (Å²) >= 11 is 0. The van der Waals surface area contributed by atoms with Crippen molar-refractivity contribution in [2.75, 3.05) is 19.6 Å². The third kappa shape index (κ3) is 6.07. The fourth-order valence-electron chi connectivity index (χ4n) is 4.12. The van der Waals surface area contributed by atoms with E-state index in [1.807, 2.05) is 47.1 Å². The van der Waals surface area contributed by atoms with Crippen molar-refractivity contribution in [2.45, 2.75) is 70.9 Å². The van der Waals surface area contributed by atoms with Gasteiger partial charge in [-0.2, -0.15) is 0 Å². The number of hydrogen-bond acceptors (Lipinski definition) is 3. The molecule has 1 aliphatic heterocycles. The van der Waals surface area contributed by atoms with Crippen LogP contribution in [0.3, 0.4) is 0 Å². The van der Waals surface area contributed by atoms with Gasteiger partial charge in [0, 0.05) is 44.4 Å². The minimum Gasteiger partial charge on any atom is -0.344 e. The Bertz CT molecular complexity index is 732. The monoisotopic (exact) mass is 413 g/mol. The summed E-state index contributed by atoms with van der Waals surface area (Å²) in [5, 5.41) is 2.99. The van der Waals surface area contributed by atoms with E-state index in [1.165, 1.54) is 0 Å². The molecule has 1 heterocycles. The van der Waals surface area contributed by atoms with E-state index in [0.29, 0.717) is 32.5 Å². The third-order valence-corrected chi connectivity index (χ3v) is 6.07. The molecule has 164 valence electrons. The summed E-state index contributed by atoms with van der Waals surface area (Å²) in [5.41, 5.74) is 1.03. The molecule has 0 spiro atoms. The van der Waals surface area contributed by atoms with Gasteiger partial charge < -0.3 is 15.1 Å². The molecule has 0 radical (unpaired) electrons. The van der Waals surface area contributed by atoms with Crippen LogP contribution in [-0.4, -0.2) is 59.2 Å². The topological polar surface area (TPSA) is 69.7 Å². The minimum absolute atomic E-state index is 0.00781. The largest absolute Gasteiger partial charge is 0.344 e. The zero-order valence-corrected chi connectivity index (χ0v) is 18.3. The van der Waals surface area contributed by atoms with Gasteiger partial charge >= 0.3 is 0 Å². The summed E-state index contributed by atoms with van der Waals surface area (Å²) in [7, 11) is 0. The van der Waals surface area contributed by atoms with Gasteiger partial charge in [0.2, 0.25) is 17.7 Å². The summed E-state index contributed by atoms with van der Waals surface area (Å²) < 4.78 is 0. The Balaban J connectivity index is 1.63. The van der Waals surface area contributed by atoms with Gasteiger partial charge in [-0.15, -0.1) is 0 Å². The van der Waals surface area contributed by atoms with Gasteiger partial charge in [-0.05, 0) is 31.7 Å². The van der Waals surface area contributed by atoms with Crippen LogP contribution in [-0.2, 0) is 20.8 Å². The zero-order chi connectivity index (χ0) is 21.5. The van der Waals surface area contributed by atoms with E-state index >= 15 is 0 Å². The first-order valence-electron chi connectivity index (χ1n) is 11.4. The van der Waals surface area contributed by atoms with Gasteiger partial charge in [0.05, 0.1) is 0 Å². The first-order valence-corrected chi connectivity index (χ1v) is 11.4. The number of carbonyl (C=O) groups excluding carboxylic acids is 3. The lowest BCUT2D eigenvalue weighted by Gasteiger charge is -2.41. The van der Waals surface area contributed by atoms with Gasteiger partial charge in [0.1, 0.15) is 6.04 Å². The molecule has 2 fully saturated rings. The van der Waals surface area contributed by atoms with E-state index in [2.05, 4.69) is 12.2 Å². The Morgan fingerprint density at radius 3 is 2.47 bits per heavy atom. The molecule has 1 saturated carbocycles. The molecule has 2 atom stereocenters. The van der Waals surface area contributed by atoms with E-state index in [9.17, 15) is 14.4 Å². The van der Waals surface area contributed by atoms with Crippen molar-refractivity contribution in [3.8, 4) is 0 Å². The zero-order valence-electron chi connectivity index (χ0n) is 18.3. The summed E-state index contributed by atoms with van der Waals surface area (Å²) in [6, 6.07) is 9.25. The van der Waals surface area contributed by atoms with E-state index in [4.69, 9.17) is 0 Å². The summed E-state index contributed by atoms with van der Waals surface area (Å²) in [6.07, 6.45) is 5.83. The number of piperazine rings is 1. The van der Waals surface area contributed by atoms with Crippen molar-refractivity contribution in [2.24, 2.45) is 5.92 Å². The Morgan fingerprint density at radius 1 is 1.10 bits per heavy atom. The maximum Gasteiger partial charge on any atom is 0.245 e. The number of unbranched alkanes of at least 4 members (excludes halogenated alkanes) is 2. The second-order valence-corrected chi connectivity index (χ2v) is 8.71. The van der Waals surface area contributed by atoms with Crippen LogP contribution in [0.1, 0.15) is 57.9 Å². The molecular formula is C24H35N3O3. The lowest BCUT2D eigenvalue weighted by Crippen LogP contribution is -2.59. The van der Waals surface area contributed by atoms with Gasteiger partial charge in [-0.1, -0.05) is 50.1 Å². The molecule has 1 aromatic carbocycles. The van der Waals surface area contributed by atoms with Crippen LogP contribution in [0, 0.1) is 5.92 Å². The normalized spacial score (nSPS) is 20.0. The number of hydrogen-bond donors (Lipinski definition) is 1. The molecule has 0 bridgehead atoms. The lowest BCUT2D eigenvalue weighted by molar-refractivity contribution is -0.145. The minimum atomic E-state index is -0.570. The number of carbonyl (C=O) groups is 3. The van der Waals surface area contributed by atoms with E-state index < -0.39 is 6.04 Å². The van der Waals surface area contributed by atoms with Crippen molar-refractivity contribution in [3.63, 3.8) is 0 Å². The maximum absolute atomic E-state index is 13.3.